The third kappa shape index (κ3) is 5.01. The smallest absolute Gasteiger partial charge is 0.253 e. The zero-order valence-electron chi connectivity index (χ0n) is 21.6. The molecular weight excluding hydrogens is 482 g/mol. The average Bonchev–Trinajstić information content (AvgIpc) is 3.63. The highest BCUT2D eigenvalue weighted by atomic mass is 16.5. The minimum atomic E-state index is -0.395. The third-order valence-electron chi connectivity index (χ3n) is 7.46. The van der Waals surface area contributed by atoms with Crippen molar-refractivity contribution < 1.29 is 9.47 Å². The Morgan fingerprint density at radius 3 is 2.71 bits per heavy atom. The fourth-order valence-electron chi connectivity index (χ4n) is 5.56. The molecule has 2 aliphatic heterocycles. The number of anilines is 1. The van der Waals surface area contributed by atoms with E-state index < -0.39 is 6.04 Å². The number of aromatic amines is 1. The van der Waals surface area contributed by atoms with Gasteiger partial charge in [0.15, 0.2) is 5.82 Å². The predicted molar refractivity (Wildman–Crippen MR) is 145 cm³/mol. The number of nitrogens with one attached hydrogen (secondary N) is 1. The van der Waals surface area contributed by atoms with Gasteiger partial charge in [0.2, 0.25) is 0 Å². The molecular formula is C28H33N7O3. The molecule has 6 rings (SSSR count). The van der Waals surface area contributed by atoms with Crippen LogP contribution in [0.1, 0.15) is 37.2 Å². The summed E-state index contributed by atoms with van der Waals surface area (Å²) in [4.78, 5) is 21.3. The maximum Gasteiger partial charge on any atom is 0.253 e. The molecule has 2 aromatic carbocycles. The van der Waals surface area contributed by atoms with Crippen molar-refractivity contribution in [2.24, 2.45) is 0 Å². The highest BCUT2D eigenvalue weighted by Gasteiger charge is 2.33. The van der Waals surface area contributed by atoms with Gasteiger partial charge in [0.05, 0.1) is 19.3 Å². The van der Waals surface area contributed by atoms with Crippen molar-refractivity contribution in [2.45, 2.75) is 38.5 Å². The van der Waals surface area contributed by atoms with Gasteiger partial charge in [-0.25, -0.2) is 4.68 Å². The van der Waals surface area contributed by atoms with E-state index >= 15 is 0 Å². The number of nitrogens with zero attached hydrogens (tertiary/aromatic N) is 6. The average molecular weight is 516 g/mol. The zero-order valence-corrected chi connectivity index (χ0v) is 21.6. The molecule has 0 radical (unpaired) electrons. The fraction of sp³-hybridized carbons (Fsp3) is 0.429. The summed E-state index contributed by atoms with van der Waals surface area (Å²) in [5.74, 6) is 1.44. The monoisotopic (exact) mass is 515 g/mol. The minimum absolute atomic E-state index is 0.0801. The van der Waals surface area contributed by atoms with Gasteiger partial charge in [-0.2, -0.15) is 0 Å². The highest BCUT2D eigenvalue weighted by molar-refractivity contribution is 5.80. The van der Waals surface area contributed by atoms with Crippen LogP contribution in [0.3, 0.4) is 0 Å². The Labute approximate surface area is 221 Å². The van der Waals surface area contributed by atoms with Crippen molar-refractivity contribution in [3.63, 3.8) is 0 Å². The van der Waals surface area contributed by atoms with E-state index in [0.717, 1.165) is 62.3 Å². The number of ether oxygens (including phenoxy) is 2. The largest absolute Gasteiger partial charge is 0.494 e. The molecule has 0 saturated carbocycles. The maximum atomic E-state index is 13.5. The number of pyridine rings is 1. The van der Waals surface area contributed by atoms with Crippen LogP contribution in [0.4, 0.5) is 5.69 Å². The van der Waals surface area contributed by atoms with Gasteiger partial charge in [-0.05, 0) is 66.6 Å². The molecule has 4 heterocycles. The second kappa shape index (κ2) is 10.9. The molecule has 0 bridgehead atoms. The number of hydrogen-bond donors (Lipinski definition) is 1. The number of fused-ring (bicyclic) bond motifs is 1. The highest BCUT2D eigenvalue weighted by Crippen LogP contribution is 2.30. The van der Waals surface area contributed by atoms with Crippen molar-refractivity contribution in [3.05, 3.63) is 76.3 Å². The van der Waals surface area contributed by atoms with Crippen molar-refractivity contribution in [1.82, 2.24) is 30.1 Å². The van der Waals surface area contributed by atoms with E-state index in [4.69, 9.17) is 9.47 Å². The van der Waals surface area contributed by atoms with Gasteiger partial charge in [-0.3, -0.25) is 9.69 Å². The van der Waals surface area contributed by atoms with Crippen molar-refractivity contribution in [3.8, 4) is 5.75 Å². The predicted octanol–water partition coefficient (Wildman–Crippen LogP) is 3.00. The van der Waals surface area contributed by atoms with Crippen LogP contribution in [-0.4, -0.2) is 75.6 Å². The van der Waals surface area contributed by atoms with E-state index in [1.54, 1.807) is 0 Å². The van der Waals surface area contributed by atoms with Gasteiger partial charge in [0, 0.05) is 54.9 Å². The van der Waals surface area contributed by atoms with Gasteiger partial charge in [-0.15, -0.1) is 5.10 Å². The van der Waals surface area contributed by atoms with Crippen molar-refractivity contribution in [1.29, 1.82) is 0 Å². The quantitative estimate of drug-likeness (QED) is 0.382. The first-order valence-corrected chi connectivity index (χ1v) is 13.4. The van der Waals surface area contributed by atoms with Crippen LogP contribution in [-0.2, 0) is 11.3 Å². The normalized spacial score (nSPS) is 19.2. The van der Waals surface area contributed by atoms with Crippen LogP contribution in [0.5, 0.6) is 5.75 Å². The second-order valence-electron chi connectivity index (χ2n) is 9.85. The Morgan fingerprint density at radius 2 is 1.95 bits per heavy atom. The minimum Gasteiger partial charge on any atom is -0.494 e. The molecule has 2 aliphatic rings. The maximum absolute atomic E-state index is 13.5. The van der Waals surface area contributed by atoms with Crippen LogP contribution < -0.4 is 15.2 Å². The SMILES string of the molecule is CCOc1ccc2[nH]c(=O)c([C@@H](c3nnnn3C[C@@H]3CCCO3)N3CCN(c4ccccc4)CC3)cc2c1. The van der Waals surface area contributed by atoms with E-state index in [2.05, 4.69) is 54.6 Å². The molecule has 198 valence electrons. The molecule has 0 amide bonds. The summed E-state index contributed by atoms with van der Waals surface area (Å²) < 4.78 is 13.4. The molecule has 2 fully saturated rings. The molecule has 38 heavy (non-hydrogen) atoms. The Bertz CT molecular complexity index is 1420. The standard InChI is InChI=1S/C28H33N7O3/c1-2-37-22-10-11-25-20(17-22)18-24(28(36)29-25)26(27-30-31-32-35(27)19-23-9-6-16-38-23)34-14-12-33(13-15-34)21-7-4-3-5-8-21/h3-5,7-8,10-11,17-18,23,26H,2,6,9,12-16,19H2,1H3,(H,29,36)/t23-,26-/m0/s1. The van der Waals surface area contributed by atoms with Gasteiger partial charge in [-0.1, -0.05) is 18.2 Å². The molecule has 0 aliphatic carbocycles. The molecule has 0 unspecified atom stereocenters. The van der Waals surface area contributed by atoms with Gasteiger partial charge in [0.1, 0.15) is 11.8 Å². The Morgan fingerprint density at radius 1 is 1.11 bits per heavy atom. The molecule has 2 atom stereocenters. The lowest BCUT2D eigenvalue weighted by atomic mass is 10.0. The van der Waals surface area contributed by atoms with Gasteiger partial charge >= 0.3 is 0 Å². The molecule has 2 saturated heterocycles. The van der Waals surface area contributed by atoms with E-state index in [1.807, 2.05) is 41.9 Å². The van der Waals surface area contributed by atoms with Gasteiger partial charge in [0.25, 0.3) is 5.56 Å². The van der Waals surface area contributed by atoms with E-state index in [9.17, 15) is 4.79 Å². The van der Waals surface area contributed by atoms with E-state index in [0.29, 0.717) is 24.5 Å². The first-order chi connectivity index (χ1) is 18.7. The number of H-pyrrole nitrogens is 1. The van der Waals surface area contributed by atoms with Crippen molar-refractivity contribution in [2.75, 3.05) is 44.3 Å². The van der Waals surface area contributed by atoms with E-state index in [-0.39, 0.29) is 11.7 Å². The van der Waals surface area contributed by atoms with Crippen LogP contribution in [0.15, 0.2) is 59.4 Å². The van der Waals surface area contributed by atoms with Crippen LogP contribution in [0, 0.1) is 0 Å². The summed E-state index contributed by atoms with van der Waals surface area (Å²) in [5.41, 5.74) is 2.47. The summed E-state index contributed by atoms with van der Waals surface area (Å²) in [6.45, 7) is 7.09. The first-order valence-electron chi connectivity index (χ1n) is 13.4. The topological polar surface area (TPSA) is 101 Å². The summed E-state index contributed by atoms with van der Waals surface area (Å²) in [7, 11) is 0. The second-order valence-corrected chi connectivity index (χ2v) is 9.85. The Kier molecular flexibility index (Phi) is 7.06. The molecule has 1 N–H and O–H groups in total. The Hall–Kier alpha value is -3.76. The third-order valence-corrected chi connectivity index (χ3v) is 7.46. The number of benzene rings is 2. The molecule has 0 spiro atoms. The number of para-hydroxylation sites is 1. The summed E-state index contributed by atoms with van der Waals surface area (Å²) in [6, 6.07) is 17.8. The number of aromatic nitrogens is 5. The van der Waals surface area contributed by atoms with Crippen molar-refractivity contribution >= 4 is 16.6 Å². The molecule has 10 nitrogen and oxygen atoms in total. The van der Waals surface area contributed by atoms with Crippen LogP contribution >= 0.6 is 0 Å². The number of rotatable bonds is 8. The lowest BCUT2D eigenvalue weighted by Gasteiger charge is -2.39. The molecule has 4 aromatic rings. The summed E-state index contributed by atoms with van der Waals surface area (Å²) in [6.07, 6.45) is 2.10. The summed E-state index contributed by atoms with van der Waals surface area (Å²) in [5, 5.41) is 13.7. The lowest BCUT2D eigenvalue weighted by Crippen LogP contribution is -2.49. The van der Waals surface area contributed by atoms with Crippen LogP contribution in [0.25, 0.3) is 10.9 Å². The van der Waals surface area contributed by atoms with Crippen LogP contribution in [0.2, 0.25) is 0 Å². The first kappa shape index (κ1) is 24.6. The number of tetrazole rings is 1. The van der Waals surface area contributed by atoms with Gasteiger partial charge < -0.3 is 19.4 Å². The number of hydrogen-bond acceptors (Lipinski definition) is 8. The lowest BCUT2D eigenvalue weighted by molar-refractivity contribution is 0.0906. The summed E-state index contributed by atoms with van der Waals surface area (Å²) >= 11 is 0. The molecule has 10 heteroatoms. The Balaban J connectivity index is 1.37. The fourth-order valence-corrected chi connectivity index (χ4v) is 5.56. The molecule has 2 aromatic heterocycles. The number of piperazine rings is 1. The zero-order chi connectivity index (χ0) is 25.9. The van der Waals surface area contributed by atoms with E-state index in [1.165, 1.54) is 5.69 Å².